The molecule has 0 aliphatic heterocycles. The number of hydrogen-bond acceptors (Lipinski definition) is 2. The number of rotatable bonds is 8. The van der Waals surface area contributed by atoms with Gasteiger partial charge in [-0.1, -0.05) is 31.2 Å². The fourth-order valence-electron chi connectivity index (χ4n) is 1.96. The summed E-state index contributed by atoms with van der Waals surface area (Å²) in [5.74, 6) is 0. The van der Waals surface area contributed by atoms with Crippen molar-refractivity contribution in [3.63, 3.8) is 0 Å². The molecule has 0 radical (unpaired) electrons. The second kappa shape index (κ2) is 8.26. The lowest BCUT2D eigenvalue weighted by Crippen LogP contribution is -2.21. The first kappa shape index (κ1) is 14.2. The maximum atomic E-state index is 3.18. The Morgan fingerprint density at radius 2 is 1.59 bits per heavy atom. The average Bonchev–Trinajstić information content (AvgIpc) is 2.35. The zero-order valence-corrected chi connectivity index (χ0v) is 11.5. The molecule has 2 nitrogen and oxygen atoms in total. The van der Waals surface area contributed by atoms with Gasteiger partial charge in [-0.25, -0.2) is 0 Å². The van der Waals surface area contributed by atoms with E-state index in [1.807, 2.05) is 7.05 Å². The Morgan fingerprint density at radius 3 is 2.12 bits per heavy atom. The maximum Gasteiger partial charge on any atom is 0.00188 e. The summed E-state index contributed by atoms with van der Waals surface area (Å²) in [4.78, 5) is 2.40. The van der Waals surface area contributed by atoms with Crippen molar-refractivity contribution in [1.29, 1.82) is 0 Å². The van der Waals surface area contributed by atoms with E-state index in [1.165, 1.54) is 24.1 Å². The zero-order chi connectivity index (χ0) is 12.5. The smallest absolute Gasteiger partial charge is 0.00188 e. The largest absolute Gasteiger partial charge is 0.319 e. The first-order chi connectivity index (χ1) is 8.26. The van der Waals surface area contributed by atoms with Crippen molar-refractivity contribution >= 4 is 0 Å². The van der Waals surface area contributed by atoms with Crippen LogP contribution in [0.4, 0.5) is 0 Å². The molecule has 0 amide bonds. The number of nitrogens with zero attached hydrogens (tertiary/aromatic N) is 1. The van der Waals surface area contributed by atoms with Crippen LogP contribution in [0, 0.1) is 0 Å². The van der Waals surface area contributed by atoms with Gasteiger partial charge in [0.1, 0.15) is 0 Å². The summed E-state index contributed by atoms with van der Waals surface area (Å²) >= 11 is 0. The van der Waals surface area contributed by atoms with Crippen LogP contribution in [0.1, 0.15) is 24.5 Å². The summed E-state index contributed by atoms with van der Waals surface area (Å²) in [6, 6.07) is 9.05. The van der Waals surface area contributed by atoms with Crippen LogP contribution in [0.5, 0.6) is 0 Å². The second-order valence-corrected chi connectivity index (χ2v) is 4.72. The van der Waals surface area contributed by atoms with E-state index in [2.05, 4.69) is 48.5 Å². The van der Waals surface area contributed by atoms with Crippen LogP contribution >= 0.6 is 0 Å². The first-order valence-electron chi connectivity index (χ1n) is 6.67. The molecule has 0 heterocycles. The molecule has 0 aromatic heterocycles. The van der Waals surface area contributed by atoms with Crippen molar-refractivity contribution in [3.8, 4) is 0 Å². The highest BCUT2D eigenvalue weighted by Gasteiger charge is 1.98. The fourth-order valence-corrected chi connectivity index (χ4v) is 1.96. The van der Waals surface area contributed by atoms with E-state index in [-0.39, 0.29) is 0 Å². The van der Waals surface area contributed by atoms with Gasteiger partial charge in [0.15, 0.2) is 0 Å². The van der Waals surface area contributed by atoms with E-state index in [4.69, 9.17) is 0 Å². The predicted molar refractivity (Wildman–Crippen MR) is 75.6 cm³/mol. The van der Waals surface area contributed by atoms with Crippen LogP contribution in [-0.4, -0.2) is 38.6 Å². The molecule has 96 valence electrons. The van der Waals surface area contributed by atoms with E-state index < -0.39 is 0 Å². The summed E-state index contributed by atoms with van der Waals surface area (Å²) in [5.41, 5.74) is 2.87. The SMILES string of the molecule is CCCN(C)CCc1ccc(CCNC)cc1. The Kier molecular flexibility index (Phi) is 6.90. The Balaban J connectivity index is 2.34. The molecule has 1 N–H and O–H groups in total. The first-order valence-corrected chi connectivity index (χ1v) is 6.67. The minimum Gasteiger partial charge on any atom is -0.319 e. The molecule has 0 saturated heterocycles. The van der Waals surface area contributed by atoms with Gasteiger partial charge >= 0.3 is 0 Å². The van der Waals surface area contributed by atoms with Gasteiger partial charge < -0.3 is 10.2 Å². The lowest BCUT2D eigenvalue weighted by atomic mass is 10.1. The molecule has 1 rings (SSSR count). The number of benzene rings is 1. The van der Waals surface area contributed by atoms with Crippen molar-refractivity contribution in [3.05, 3.63) is 35.4 Å². The van der Waals surface area contributed by atoms with E-state index in [0.717, 1.165) is 25.9 Å². The topological polar surface area (TPSA) is 15.3 Å². The van der Waals surface area contributed by atoms with E-state index in [9.17, 15) is 0 Å². The number of hydrogen-bond donors (Lipinski definition) is 1. The molecule has 0 fully saturated rings. The lowest BCUT2D eigenvalue weighted by molar-refractivity contribution is 0.339. The Labute approximate surface area is 106 Å². The van der Waals surface area contributed by atoms with Crippen molar-refractivity contribution in [2.24, 2.45) is 0 Å². The maximum absolute atomic E-state index is 3.18. The van der Waals surface area contributed by atoms with Crippen LogP contribution in [0.15, 0.2) is 24.3 Å². The van der Waals surface area contributed by atoms with Crippen LogP contribution in [0.25, 0.3) is 0 Å². The van der Waals surface area contributed by atoms with Gasteiger partial charge in [-0.3, -0.25) is 0 Å². The van der Waals surface area contributed by atoms with Crippen LogP contribution in [0.2, 0.25) is 0 Å². The quantitative estimate of drug-likeness (QED) is 0.742. The van der Waals surface area contributed by atoms with Gasteiger partial charge in [-0.05, 0) is 57.6 Å². The molecule has 1 aromatic rings. The normalized spacial score (nSPS) is 11.1. The fraction of sp³-hybridized carbons (Fsp3) is 0.600. The summed E-state index contributed by atoms with van der Waals surface area (Å²) in [6.45, 7) is 5.63. The van der Waals surface area contributed by atoms with E-state index in [1.54, 1.807) is 0 Å². The molecule has 0 bridgehead atoms. The van der Waals surface area contributed by atoms with Crippen LogP contribution in [-0.2, 0) is 12.8 Å². The van der Waals surface area contributed by atoms with Crippen molar-refractivity contribution in [2.75, 3.05) is 33.7 Å². The molecule has 0 aliphatic rings. The third kappa shape index (κ3) is 5.85. The summed E-state index contributed by atoms with van der Waals surface area (Å²) in [6.07, 6.45) is 3.51. The number of likely N-dealkylation sites (N-methyl/N-ethyl adjacent to an activating group) is 2. The second-order valence-electron chi connectivity index (χ2n) is 4.72. The molecule has 0 spiro atoms. The Bertz CT molecular complexity index is 292. The van der Waals surface area contributed by atoms with E-state index in [0.29, 0.717) is 0 Å². The van der Waals surface area contributed by atoms with Crippen molar-refractivity contribution in [1.82, 2.24) is 10.2 Å². The third-order valence-electron chi connectivity index (χ3n) is 3.07. The Morgan fingerprint density at radius 1 is 1.00 bits per heavy atom. The van der Waals surface area contributed by atoms with Crippen molar-refractivity contribution in [2.45, 2.75) is 26.2 Å². The average molecular weight is 234 g/mol. The van der Waals surface area contributed by atoms with E-state index >= 15 is 0 Å². The summed E-state index contributed by atoms with van der Waals surface area (Å²) in [7, 11) is 4.20. The minimum atomic E-state index is 1.05. The molecule has 17 heavy (non-hydrogen) atoms. The predicted octanol–water partition coefficient (Wildman–Crippen LogP) is 2.33. The Hall–Kier alpha value is -0.860. The summed E-state index contributed by atoms with van der Waals surface area (Å²) in [5, 5.41) is 3.18. The zero-order valence-electron chi connectivity index (χ0n) is 11.5. The molecular weight excluding hydrogens is 208 g/mol. The summed E-state index contributed by atoms with van der Waals surface area (Å²) < 4.78 is 0. The van der Waals surface area contributed by atoms with Gasteiger partial charge in [-0.2, -0.15) is 0 Å². The number of nitrogens with one attached hydrogen (secondary N) is 1. The van der Waals surface area contributed by atoms with Gasteiger partial charge in [0.25, 0.3) is 0 Å². The minimum absolute atomic E-state index is 1.05. The lowest BCUT2D eigenvalue weighted by Gasteiger charge is -2.15. The highest BCUT2D eigenvalue weighted by molar-refractivity contribution is 5.23. The van der Waals surface area contributed by atoms with Gasteiger partial charge in [0.05, 0.1) is 0 Å². The highest BCUT2D eigenvalue weighted by atomic mass is 15.1. The van der Waals surface area contributed by atoms with Gasteiger partial charge in [0.2, 0.25) is 0 Å². The molecule has 2 heteroatoms. The van der Waals surface area contributed by atoms with Crippen LogP contribution < -0.4 is 5.32 Å². The third-order valence-corrected chi connectivity index (χ3v) is 3.07. The van der Waals surface area contributed by atoms with Crippen molar-refractivity contribution < 1.29 is 0 Å². The van der Waals surface area contributed by atoms with Gasteiger partial charge in [0, 0.05) is 6.54 Å². The standard InChI is InChI=1S/C15H26N2/c1-4-12-17(3)13-10-15-7-5-14(6-8-15)9-11-16-2/h5-8,16H,4,9-13H2,1-3H3. The molecule has 0 atom stereocenters. The van der Waals surface area contributed by atoms with Gasteiger partial charge in [-0.15, -0.1) is 0 Å². The monoisotopic (exact) mass is 234 g/mol. The molecule has 0 aliphatic carbocycles. The molecule has 1 aromatic carbocycles. The molecule has 0 saturated carbocycles. The molecule has 0 unspecified atom stereocenters. The van der Waals surface area contributed by atoms with Crippen LogP contribution in [0.3, 0.4) is 0 Å². The highest BCUT2D eigenvalue weighted by Crippen LogP contribution is 2.06. The molecular formula is C15H26N2.